The van der Waals surface area contributed by atoms with Gasteiger partial charge in [0.2, 0.25) is 5.91 Å². The van der Waals surface area contributed by atoms with Gasteiger partial charge in [0.1, 0.15) is 0 Å². The van der Waals surface area contributed by atoms with E-state index >= 15 is 0 Å². The number of benzene rings is 2. The number of aryl methyl sites for hydroxylation is 2. The van der Waals surface area contributed by atoms with Crippen molar-refractivity contribution in [1.29, 1.82) is 0 Å². The van der Waals surface area contributed by atoms with Crippen LogP contribution in [0.3, 0.4) is 0 Å². The molecule has 4 rings (SSSR count). The highest BCUT2D eigenvalue weighted by Crippen LogP contribution is 2.33. The number of carbonyl (C=O) groups excluding carboxylic acids is 2. The number of nitrogens with two attached hydrogens (primary N) is 2. The summed E-state index contributed by atoms with van der Waals surface area (Å²) in [5, 5.41) is 6.95. The second-order valence-electron chi connectivity index (χ2n) is 10.2. The summed E-state index contributed by atoms with van der Waals surface area (Å²) in [6.07, 6.45) is 1.31. The Kier molecular flexibility index (Phi) is 10.3. The molecule has 11 nitrogen and oxygen atoms in total. The number of likely N-dealkylation sites (N-methyl/N-ethyl adjacent to an activating group) is 1. The monoisotopic (exact) mass is 641 g/mol. The zero-order valence-electron chi connectivity index (χ0n) is 25.1. The molecule has 0 fully saturated rings. The van der Waals surface area contributed by atoms with Crippen LogP contribution in [0.1, 0.15) is 45.9 Å². The maximum atomic E-state index is 13.7. The lowest BCUT2D eigenvalue weighted by Gasteiger charge is -2.19. The van der Waals surface area contributed by atoms with E-state index < -0.39 is 17.6 Å². The molecule has 0 unspecified atom stereocenters. The van der Waals surface area contributed by atoms with Crippen molar-refractivity contribution in [2.75, 3.05) is 35.3 Å². The third-order valence-corrected chi connectivity index (χ3v) is 7.80. The van der Waals surface area contributed by atoms with Gasteiger partial charge in [0.15, 0.2) is 5.13 Å². The Morgan fingerprint density at radius 1 is 1.07 bits per heavy atom. The molecule has 0 aliphatic heterocycles. The number of imidazole rings is 1. The summed E-state index contributed by atoms with van der Waals surface area (Å²) in [5.41, 5.74) is 7.69. The largest absolute Gasteiger partial charge is 0.416 e. The summed E-state index contributed by atoms with van der Waals surface area (Å²) in [7, 11) is 0. The van der Waals surface area contributed by atoms with Gasteiger partial charge in [-0.2, -0.15) is 13.2 Å². The van der Waals surface area contributed by atoms with E-state index in [-0.39, 0.29) is 35.1 Å². The van der Waals surface area contributed by atoms with Crippen molar-refractivity contribution in [2.45, 2.75) is 33.9 Å². The Morgan fingerprint density at radius 2 is 1.80 bits per heavy atom. The van der Waals surface area contributed by atoms with E-state index in [1.807, 2.05) is 18.7 Å². The molecule has 15 heteroatoms. The van der Waals surface area contributed by atoms with E-state index in [2.05, 4.69) is 20.6 Å². The lowest BCUT2D eigenvalue weighted by atomic mass is 10.1. The van der Waals surface area contributed by atoms with Crippen LogP contribution >= 0.6 is 11.3 Å². The normalized spacial score (nSPS) is 12.0. The molecular weight excluding hydrogens is 607 g/mol. The number of rotatable bonds is 11. The van der Waals surface area contributed by atoms with E-state index in [1.165, 1.54) is 51.8 Å². The summed E-state index contributed by atoms with van der Waals surface area (Å²) in [4.78, 5) is 36.3. The molecular formula is C30H34F3N9O2S. The standard InChI is InChI=1S/C30H34F3N9O2S/c1-5-40(6-2)16-27(43)39-29-36-13-26(45-29)24(34)15-42(35)25-9-20(8-7-18(25)3)28(44)38-22-10-21(30(31,32)33)11-23(12-22)41-14-19(4)37-17-41/h7-15,17H,5-6,16,34-35H2,1-4H3,(H,38,44)(H,36,39,43)/b24-15-. The quantitative estimate of drug-likeness (QED) is 0.130. The number of nitrogens with one attached hydrogen (secondary N) is 2. The van der Waals surface area contributed by atoms with Gasteiger partial charge in [0.05, 0.1) is 40.4 Å². The van der Waals surface area contributed by atoms with Crippen LogP contribution in [0.2, 0.25) is 0 Å². The average molecular weight is 642 g/mol. The summed E-state index contributed by atoms with van der Waals surface area (Å²) < 4.78 is 42.5. The van der Waals surface area contributed by atoms with Gasteiger partial charge in [-0.3, -0.25) is 19.5 Å². The average Bonchev–Trinajstić information content (AvgIpc) is 3.64. The molecule has 0 aliphatic rings. The summed E-state index contributed by atoms with van der Waals surface area (Å²) in [6, 6.07) is 7.99. The van der Waals surface area contributed by atoms with E-state index in [0.29, 0.717) is 27.0 Å². The van der Waals surface area contributed by atoms with Gasteiger partial charge >= 0.3 is 6.18 Å². The SMILES string of the molecule is CCN(CC)CC(=O)Nc1ncc(/C(N)=C/N(N)c2cc(C(=O)Nc3cc(-n4cnc(C)c4)cc(C(F)(F)F)c3)ccc2C)s1. The fraction of sp³-hybridized carbons (Fsp3) is 0.267. The number of nitrogens with zero attached hydrogens (tertiary/aromatic N) is 5. The first-order valence-electron chi connectivity index (χ1n) is 13.9. The maximum absolute atomic E-state index is 13.7. The van der Waals surface area contributed by atoms with Crippen molar-refractivity contribution in [2.24, 2.45) is 11.6 Å². The molecule has 4 aromatic rings. The third kappa shape index (κ3) is 8.47. The molecule has 6 N–H and O–H groups in total. The van der Waals surface area contributed by atoms with Gasteiger partial charge in [0, 0.05) is 35.5 Å². The van der Waals surface area contributed by atoms with Crippen molar-refractivity contribution in [3.63, 3.8) is 0 Å². The van der Waals surface area contributed by atoms with Crippen molar-refractivity contribution in [1.82, 2.24) is 19.4 Å². The lowest BCUT2D eigenvalue weighted by Crippen LogP contribution is -2.32. The molecule has 0 spiro atoms. The molecule has 0 bridgehead atoms. The molecule has 238 valence electrons. The van der Waals surface area contributed by atoms with Gasteiger partial charge in [-0.25, -0.2) is 15.8 Å². The predicted octanol–water partition coefficient (Wildman–Crippen LogP) is 5.13. The minimum Gasteiger partial charge on any atom is -0.396 e. The summed E-state index contributed by atoms with van der Waals surface area (Å²) in [6.45, 7) is 9.18. The molecule has 0 atom stereocenters. The molecule has 2 aromatic carbocycles. The molecule has 2 amide bonds. The number of carbonyl (C=O) groups is 2. The minimum absolute atomic E-state index is 0.0442. The van der Waals surface area contributed by atoms with Gasteiger partial charge in [-0.15, -0.1) is 0 Å². The zero-order valence-corrected chi connectivity index (χ0v) is 26.0. The van der Waals surface area contributed by atoms with Crippen LogP contribution in [-0.4, -0.2) is 50.9 Å². The number of anilines is 3. The van der Waals surface area contributed by atoms with Crippen molar-refractivity contribution < 1.29 is 22.8 Å². The topological polar surface area (TPSA) is 147 Å². The van der Waals surface area contributed by atoms with Crippen molar-refractivity contribution in [3.05, 3.63) is 88.6 Å². The minimum atomic E-state index is -4.63. The first kappa shape index (κ1) is 33.2. The van der Waals surface area contributed by atoms with E-state index in [4.69, 9.17) is 11.6 Å². The van der Waals surface area contributed by atoms with Crippen LogP contribution in [0.25, 0.3) is 11.4 Å². The highest BCUT2D eigenvalue weighted by atomic mass is 32.1. The third-order valence-electron chi connectivity index (χ3n) is 6.84. The Labute approximate surface area is 262 Å². The van der Waals surface area contributed by atoms with Crippen molar-refractivity contribution in [3.8, 4) is 5.69 Å². The molecule has 2 aromatic heterocycles. The van der Waals surface area contributed by atoms with Gasteiger partial charge in [0.25, 0.3) is 5.91 Å². The number of hydrogen-bond donors (Lipinski definition) is 4. The summed E-state index contributed by atoms with van der Waals surface area (Å²) >= 11 is 1.18. The fourth-order valence-electron chi connectivity index (χ4n) is 4.35. The predicted molar refractivity (Wildman–Crippen MR) is 170 cm³/mol. The number of alkyl halides is 3. The van der Waals surface area contributed by atoms with Crippen LogP contribution in [-0.2, 0) is 11.0 Å². The van der Waals surface area contributed by atoms with Gasteiger partial charge < -0.3 is 20.9 Å². The fourth-order valence-corrected chi connectivity index (χ4v) is 5.10. The van der Waals surface area contributed by atoms with E-state index in [1.54, 1.807) is 32.2 Å². The Balaban J connectivity index is 1.52. The molecule has 0 aliphatic carbocycles. The number of thiazole rings is 1. The van der Waals surface area contributed by atoms with Crippen molar-refractivity contribution >= 4 is 45.4 Å². The first-order chi connectivity index (χ1) is 21.3. The van der Waals surface area contributed by atoms with Crippen LogP contribution in [0.15, 0.2) is 61.3 Å². The van der Waals surface area contributed by atoms with Crippen LogP contribution in [0.4, 0.5) is 29.7 Å². The maximum Gasteiger partial charge on any atom is 0.416 e. The van der Waals surface area contributed by atoms with E-state index in [0.717, 1.165) is 25.2 Å². The summed E-state index contributed by atoms with van der Waals surface area (Å²) in [5.74, 6) is 5.48. The van der Waals surface area contributed by atoms with Gasteiger partial charge in [-0.1, -0.05) is 31.3 Å². The van der Waals surface area contributed by atoms with Gasteiger partial charge in [-0.05, 0) is 62.8 Å². The number of amides is 2. The number of hydrogen-bond acceptors (Lipinski definition) is 9. The second kappa shape index (κ2) is 13.9. The Morgan fingerprint density at radius 3 is 2.44 bits per heavy atom. The smallest absolute Gasteiger partial charge is 0.396 e. The Hall–Kier alpha value is -4.73. The molecule has 0 radical (unpaired) electrons. The second-order valence-corrected chi connectivity index (χ2v) is 11.2. The number of aromatic nitrogens is 3. The van der Waals surface area contributed by atoms with Crippen LogP contribution in [0.5, 0.6) is 0 Å². The highest BCUT2D eigenvalue weighted by molar-refractivity contribution is 7.16. The first-order valence-corrected chi connectivity index (χ1v) is 14.7. The molecule has 2 heterocycles. The highest BCUT2D eigenvalue weighted by Gasteiger charge is 2.31. The van der Waals surface area contributed by atoms with E-state index in [9.17, 15) is 22.8 Å². The molecule has 0 saturated carbocycles. The van der Waals surface area contributed by atoms with Crippen LogP contribution < -0.4 is 27.2 Å². The number of halogens is 3. The lowest BCUT2D eigenvalue weighted by molar-refractivity contribution is -0.137. The Bertz CT molecular complexity index is 1710. The zero-order chi connectivity index (χ0) is 32.9. The molecule has 0 saturated heterocycles. The molecule has 45 heavy (non-hydrogen) atoms. The number of hydrazine groups is 1. The van der Waals surface area contributed by atoms with Crippen LogP contribution in [0, 0.1) is 13.8 Å².